The van der Waals surface area contributed by atoms with Crippen LogP contribution in [0.5, 0.6) is 0 Å². The van der Waals surface area contributed by atoms with Crippen molar-refractivity contribution in [1.82, 2.24) is 5.32 Å². The van der Waals surface area contributed by atoms with Gasteiger partial charge in [-0.1, -0.05) is 165 Å². The summed E-state index contributed by atoms with van der Waals surface area (Å²) >= 11 is 0. The minimum atomic E-state index is -1.79. The monoisotopic (exact) mass is 940 g/mol. The summed E-state index contributed by atoms with van der Waals surface area (Å²) in [7, 11) is 0. The second-order valence-corrected chi connectivity index (χ2v) is 18.3. The van der Waals surface area contributed by atoms with Gasteiger partial charge in [0, 0.05) is 6.42 Å². The summed E-state index contributed by atoms with van der Waals surface area (Å²) in [6, 6.07) is -0.921. The van der Waals surface area contributed by atoms with E-state index in [1.807, 2.05) is 6.08 Å². The molecule has 1 amide bonds. The number of carbonyl (C=O) groups excluding carboxylic acids is 1. The van der Waals surface area contributed by atoms with Crippen molar-refractivity contribution >= 4 is 5.91 Å². The molecule has 0 spiro atoms. The predicted molar refractivity (Wildman–Crippen MR) is 258 cm³/mol. The molecule has 0 aromatic heterocycles. The topological polar surface area (TPSA) is 228 Å². The first-order valence-electron chi connectivity index (χ1n) is 25.9. The highest BCUT2D eigenvalue weighted by atomic mass is 16.7. The van der Waals surface area contributed by atoms with Crippen molar-refractivity contribution in [2.75, 3.05) is 19.8 Å². The maximum atomic E-state index is 13.2. The lowest BCUT2D eigenvalue weighted by Gasteiger charge is -2.46. The third-order valence-electron chi connectivity index (χ3n) is 12.5. The van der Waals surface area contributed by atoms with Gasteiger partial charge in [0.1, 0.15) is 48.8 Å². The number of ether oxygens (including phenoxy) is 4. The fourth-order valence-electron chi connectivity index (χ4n) is 8.24. The molecule has 384 valence electrons. The highest BCUT2D eigenvalue weighted by Gasteiger charge is 2.51. The Morgan fingerprint density at radius 2 is 1.00 bits per heavy atom. The quantitative estimate of drug-likeness (QED) is 0.0227. The molecule has 0 aliphatic carbocycles. The number of unbranched alkanes of at least 4 members (excludes halogenated alkanes) is 20. The maximum absolute atomic E-state index is 13.2. The number of hydrogen-bond acceptors (Lipinski definition) is 13. The van der Waals surface area contributed by atoms with Crippen LogP contribution in [-0.4, -0.2) is 140 Å². The van der Waals surface area contributed by atoms with Crippen molar-refractivity contribution in [3.8, 4) is 0 Å². The number of amides is 1. The van der Waals surface area contributed by atoms with Crippen LogP contribution in [-0.2, 0) is 23.7 Å². The van der Waals surface area contributed by atoms with Crippen LogP contribution in [0.15, 0.2) is 48.6 Å². The van der Waals surface area contributed by atoms with Crippen LogP contribution in [0.2, 0.25) is 0 Å². The highest BCUT2D eigenvalue weighted by Crippen LogP contribution is 2.30. The summed E-state index contributed by atoms with van der Waals surface area (Å²) in [5.74, 6) is -0.255. The molecule has 2 heterocycles. The number of carbonyl (C=O) groups is 1. The van der Waals surface area contributed by atoms with E-state index in [9.17, 15) is 45.6 Å². The lowest BCUT2D eigenvalue weighted by molar-refractivity contribution is -0.359. The van der Waals surface area contributed by atoms with Gasteiger partial charge in [0.25, 0.3) is 0 Å². The summed E-state index contributed by atoms with van der Waals surface area (Å²) in [6.45, 7) is 2.73. The van der Waals surface area contributed by atoms with Crippen molar-refractivity contribution in [3.05, 3.63) is 48.6 Å². The molecule has 0 aromatic rings. The van der Waals surface area contributed by atoms with Crippen molar-refractivity contribution in [2.24, 2.45) is 0 Å². The van der Waals surface area contributed by atoms with E-state index in [1.54, 1.807) is 6.08 Å². The number of allylic oxidation sites excluding steroid dienone is 7. The molecule has 66 heavy (non-hydrogen) atoms. The van der Waals surface area contributed by atoms with E-state index < -0.39 is 86.8 Å². The summed E-state index contributed by atoms with van der Waals surface area (Å²) in [5.41, 5.74) is 0. The molecular weight excluding hydrogens is 847 g/mol. The Hall–Kier alpha value is -2.05. The van der Waals surface area contributed by atoms with Gasteiger partial charge in [-0.3, -0.25) is 4.79 Å². The Balaban J connectivity index is 1.84. The molecule has 14 heteroatoms. The minimum Gasteiger partial charge on any atom is -0.394 e. The molecule has 14 nitrogen and oxygen atoms in total. The van der Waals surface area contributed by atoms with E-state index in [1.165, 1.54) is 83.5 Å². The van der Waals surface area contributed by atoms with Crippen molar-refractivity contribution in [1.29, 1.82) is 0 Å². The van der Waals surface area contributed by atoms with E-state index in [0.717, 1.165) is 70.6 Å². The van der Waals surface area contributed by atoms with E-state index in [0.29, 0.717) is 6.42 Å². The zero-order valence-corrected chi connectivity index (χ0v) is 40.7. The molecule has 0 saturated carbocycles. The molecule has 0 radical (unpaired) electrons. The molecule has 9 N–H and O–H groups in total. The van der Waals surface area contributed by atoms with Gasteiger partial charge in [-0.15, -0.1) is 0 Å². The molecule has 0 bridgehead atoms. The normalized spacial score (nSPS) is 27.2. The Kier molecular flexibility index (Phi) is 35.3. The summed E-state index contributed by atoms with van der Waals surface area (Å²) in [4.78, 5) is 13.2. The second-order valence-electron chi connectivity index (χ2n) is 18.3. The second kappa shape index (κ2) is 38.8. The standard InChI is InChI=1S/C52H93NO13/c1-3-5-7-9-11-13-15-17-18-19-20-21-22-24-26-28-30-32-34-36-44(57)53-40(41(56)35-33-31-29-27-25-23-16-14-12-10-8-6-4-2)39-63-51-49(62)47(60)50(43(38-55)65-51)66-52-48(61)46(59)45(58)42(37-54)64-52/h11,13,17-18,20-21,33,35,40-43,45-52,54-56,58-62H,3-10,12,14-16,19,22-32,34,36-39H2,1-2H3,(H,53,57)/b13-11-,18-17-,21-20-,35-33+. The molecule has 12 unspecified atom stereocenters. The minimum absolute atomic E-state index is 0.255. The summed E-state index contributed by atoms with van der Waals surface area (Å²) < 4.78 is 22.7. The third-order valence-corrected chi connectivity index (χ3v) is 12.5. The van der Waals surface area contributed by atoms with Gasteiger partial charge in [-0.2, -0.15) is 0 Å². The van der Waals surface area contributed by atoms with Crippen LogP contribution >= 0.6 is 0 Å². The van der Waals surface area contributed by atoms with Gasteiger partial charge in [0.05, 0.1) is 32.0 Å². The van der Waals surface area contributed by atoms with Gasteiger partial charge in [-0.25, -0.2) is 0 Å². The number of hydrogen-bond donors (Lipinski definition) is 9. The SMILES string of the molecule is CCCCC/C=C\C/C=C\C/C=C\CCCCCCCCC(=O)NC(COC1OC(CO)C(OC2OC(CO)C(O)C(O)C2O)C(O)C1O)C(O)/C=C/CCCCCCCCCCCCC. The average molecular weight is 940 g/mol. The zero-order valence-electron chi connectivity index (χ0n) is 40.7. The zero-order chi connectivity index (χ0) is 48.2. The van der Waals surface area contributed by atoms with Crippen molar-refractivity contribution in [2.45, 2.75) is 254 Å². The molecule has 2 aliphatic rings. The fourth-order valence-corrected chi connectivity index (χ4v) is 8.24. The van der Waals surface area contributed by atoms with E-state index >= 15 is 0 Å². The largest absolute Gasteiger partial charge is 0.394 e. The molecule has 2 rings (SSSR count). The van der Waals surface area contributed by atoms with E-state index in [4.69, 9.17) is 18.9 Å². The van der Waals surface area contributed by atoms with E-state index in [-0.39, 0.29) is 18.9 Å². The number of aliphatic hydroxyl groups excluding tert-OH is 8. The number of rotatable bonds is 39. The van der Waals surface area contributed by atoms with Gasteiger partial charge >= 0.3 is 0 Å². The first-order chi connectivity index (χ1) is 32.1. The van der Waals surface area contributed by atoms with Crippen LogP contribution in [0.4, 0.5) is 0 Å². The smallest absolute Gasteiger partial charge is 0.220 e. The van der Waals surface area contributed by atoms with Gasteiger partial charge in [0.2, 0.25) is 5.91 Å². The molecule has 2 saturated heterocycles. The fraction of sp³-hybridized carbons (Fsp3) is 0.827. The number of aliphatic hydroxyl groups is 8. The van der Waals surface area contributed by atoms with Crippen LogP contribution < -0.4 is 5.32 Å². The van der Waals surface area contributed by atoms with Gasteiger partial charge in [-0.05, 0) is 57.8 Å². The Bertz CT molecular complexity index is 1290. The maximum Gasteiger partial charge on any atom is 0.220 e. The molecule has 2 aliphatic heterocycles. The Morgan fingerprint density at radius 3 is 1.56 bits per heavy atom. The van der Waals surface area contributed by atoms with Gasteiger partial charge < -0.3 is 65.1 Å². The third kappa shape index (κ3) is 25.5. The number of nitrogens with one attached hydrogen (secondary N) is 1. The molecular formula is C52H93NO13. The first kappa shape index (κ1) is 60.1. The van der Waals surface area contributed by atoms with Crippen LogP contribution in [0, 0.1) is 0 Å². The van der Waals surface area contributed by atoms with Crippen molar-refractivity contribution < 1.29 is 64.6 Å². The van der Waals surface area contributed by atoms with E-state index in [2.05, 4.69) is 55.6 Å². The lowest BCUT2D eigenvalue weighted by atomic mass is 9.97. The van der Waals surface area contributed by atoms with Gasteiger partial charge in [0.15, 0.2) is 12.6 Å². The average Bonchev–Trinajstić information content (AvgIpc) is 3.31. The molecule has 0 aromatic carbocycles. The molecule has 12 atom stereocenters. The van der Waals surface area contributed by atoms with Crippen LogP contribution in [0.25, 0.3) is 0 Å². The predicted octanol–water partition coefficient (Wildman–Crippen LogP) is 6.88. The van der Waals surface area contributed by atoms with Crippen molar-refractivity contribution in [3.63, 3.8) is 0 Å². The first-order valence-corrected chi connectivity index (χ1v) is 25.9. The highest BCUT2D eigenvalue weighted by molar-refractivity contribution is 5.76. The van der Waals surface area contributed by atoms with Crippen LogP contribution in [0.1, 0.15) is 181 Å². The molecule has 2 fully saturated rings. The summed E-state index contributed by atoms with van der Waals surface area (Å²) in [5, 5.41) is 86.7. The lowest BCUT2D eigenvalue weighted by Crippen LogP contribution is -2.65. The summed E-state index contributed by atoms with van der Waals surface area (Å²) in [6.07, 6.45) is 28.5. The van der Waals surface area contributed by atoms with Crippen LogP contribution in [0.3, 0.4) is 0 Å². The Labute approximate surface area is 397 Å². The Morgan fingerprint density at radius 1 is 0.545 bits per heavy atom.